The van der Waals surface area contributed by atoms with Crippen LogP contribution < -0.4 is 5.32 Å². The molecule has 0 heterocycles. The number of hydrogen-bond acceptors (Lipinski definition) is 2. The summed E-state index contributed by atoms with van der Waals surface area (Å²) in [5.41, 5.74) is 1.25. The second kappa shape index (κ2) is 7.19. The van der Waals surface area contributed by atoms with Gasteiger partial charge < -0.3 is 15.0 Å². The van der Waals surface area contributed by atoms with Crippen LogP contribution in [0.2, 0.25) is 0 Å². The fourth-order valence-electron chi connectivity index (χ4n) is 1.32. The summed E-state index contributed by atoms with van der Waals surface area (Å²) in [6.07, 6.45) is 0. The maximum atomic E-state index is 5.25. The van der Waals surface area contributed by atoms with Crippen molar-refractivity contribution in [2.45, 2.75) is 6.54 Å². The highest BCUT2D eigenvalue weighted by molar-refractivity contribution is 7.80. The largest absolute Gasteiger partial charge is 0.383 e. The molecule has 0 fully saturated rings. The highest BCUT2D eigenvalue weighted by Crippen LogP contribution is 2.02. The molecule has 0 aromatic heterocycles. The quantitative estimate of drug-likeness (QED) is 0.622. The van der Waals surface area contributed by atoms with E-state index < -0.39 is 0 Å². The van der Waals surface area contributed by atoms with E-state index in [1.165, 1.54) is 5.56 Å². The molecular weight excluding hydrogens is 220 g/mol. The Morgan fingerprint density at radius 3 is 2.69 bits per heavy atom. The predicted molar refractivity (Wildman–Crippen MR) is 70.4 cm³/mol. The summed E-state index contributed by atoms with van der Waals surface area (Å²) in [4.78, 5) is 2.01. The third-order valence-electron chi connectivity index (χ3n) is 2.19. The lowest BCUT2D eigenvalue weighted by molar-refractivity contribution is 0.203. The lowest BCUT2D eigenvalue weighted by Gasteiger charge is -2.20. The Hall–Kier alpha value is -1.13. The number of hydrogen-bond donors (Lipinski definition) is 1. The molecule has 3 nitrogen and oxygen atoms in total. The van der Waals surface area contributed by atoms with Crippen molar-refractivity contribution in [1.29, 1.82) is 0 Å². The Labute approximate surface area is 102 Å². The van der Waals surface area contributed by atoms with Crippen molar-refractivity contribution >= 4 is 17.3 Å². The van der Waals surface area contributed by atoms with Crippen LogP contribution >= 0.6 is 12.2 Å². The van der Waals surface area contributed by atoms with Crippen LogP contribution in [0.3, 0.4) is 0 Å². The number of ether oxygens (including phenoxy) is 1. The van der Waals surface area contributed by atoms with Crippen molar-refractivity contribution in [3.8, 4) is 0 Å². The van der Waals surface area contributed by atoms with Gasteiger partial charge in [0.05, 0.1) is 6.61 Å². The zero-order chi connectivity index (χ0) is 11.8. The van der Waals surface area contributed by atoms with Gasteiger partial charge in [-0.05, 0) is 17.8 Å². The molecule has 16 heavy (non-hydrogen) atoms. The van der Waals surface area contributed by atoms with Gasteiger partial charge >= 0.3 is 0 Å². The number of nitrogens with zero attached hydrogens (tertiary/aromatic N) is 1. The van der Waals surface area contributed by atoms with Crippen molar-refractivity contribution in [2.75, 3.05) is 27.3 Å². The summed E-state index contributed by atoms with van der Waals surface area (Å²) in [5, 5.41) is 3.89. The number of benzene rings is 1. The summed E-state index contributed by atoms with van der Waals surface area (Å²) >= 11 is 5.25. The zero-order valence-electron chi connectivity index (χ0n) is 9.77. The normalized spacial score (nSPS) is 9.88. The Morgan fingerprint density at radius 1 is 1.38 bits per heavy atom. The molecule has 0 saturated heterocycles. The van der Waals surface area contributed by atoms with Crippen LogP contribution in [0.4, 0.5) is 0 Å². The molecule has 0 aliphatic carbocycles. The third kappa shape index (κ3) is 4.59. The molecule has 1 N–H and O–H groups in total. The first-order valence-corrected chi connectivity index (χ1v) is 5.66. The fraction of sp³-hybridized carbons (Fsp3) is 0.417. The molecule has 0 aliphatic rings. The highest BCUT2D eigenvalue weighted by Gasteiger charge is 2.03. The Balaban J connectivity index is 2.34. The maximum absolute atomic E-state index is 5.25. The van der Waals surface area contributed by atoms with Crippen LogP contribution in [0.15, 0.2) is 30.3 Å². The first kappa shape index (κ1) is 12.9. The first-order chi connectivity index (χ1) is 7.74. The third-order valence-corrected chi connectivity index (χ3v) is 2.65. The second-order valence-corrected chi connectivity index (χ2v) is 3.95. The summed E-state index contributed by atoms with van der Waals surface area (Å²) in [6, 6.07) is 10.3. The number of methoxy groups -OCH3 is 1. The maximum Gasteiger partial charge on any atom is 0.169 e. The van der Waals surface area contributed by atoms with Crippen molar-refractivity contribution < 1.29 is 4.74 Å². The summed E-state index contributed by atoms with van der Waals surface area (Å²) in [5.74, 6) is 0. The molecule has 0 saturated carbocycles. The summed E-state index contributed by atoms with van der Waals surface area (Å²) in [6.45, 7) is 2.23. The van der Waals surface area contributed by atoms with Gasteiger partial charge in [-0.1, -0.05) is 30.3 Å². The molecule has 0 spiro atoms. The number of rotatable bonds is 5. The van der Waals surface area contributed by atoms with Gasteiger partial charge in [0.25, 0.3) is 0 Å². The molecular formula is C12H18N2OS. The van der Waals surface area contributed by atoms with Crippen molar-refractivity contribution in [3.63, 3.8) is 0 Å². The molecule has 0 amide bonds. The van der Waals surface area contributed by atoms with E-state index in [9.17, 15) is 0 Å². The molecule has 0 radical (unpaired) electrons. The van der Waals surface area contributed by atoms with Crippen molar-refractivity contribution in [2.24, 2.45) is 0 Å². The van der Waals surface area contributed by atoms with Crippen LogP contribution in [0.5, 0.6) is 0 Å². The van der Waals surface area contributed by atoms with Crippen LogP contribution in [0.25, 0.3) is 0 Å². The predicted octanol–water partition coefficient (Wildman–Crippen LogP) is 1.64. The smallest absolute Gasteiger partial charge is 0.169 e. The minimum atomic E-state index is 0.666. The van der Waals surface area contributed by atoms with Crippen LogP contribution in [-0.2, 0) is 11.3 Å². The molecule has 0 unspecified atom stereocenters. The Kier molecular flexibility index (Phi) is 5.82. The fourth-order valence-corrected chi connectivity index (χ4v) is 1.49. The van der Waals surface area contributed by atoms with E-state index in [1.54, 1.807) is 7.11 Å². The van der Waals surface area contributed by atoms with Gasteiger partial charge in [-0.3, -0.25) is 0 Å². The van der Waals surface area contributed by atoms with E-state index in [1.807, 2.05) is 30.1 Å². The summed E-state index contributed by atoms with van der Waals surface area (Å²) < 4.78 is 4.95. The van der Waals surface area contributed by atoms with E-state index in [0.717, 1.165) is 18.2 Å². The van der Waals surface area contributed by atoms with E-state index in [0.29, 0.717) is 6.61 Å². The van der Waals surface area contributed by atoms with Gasteiger partial charge in [-0.2, -0.15) is 0 Å². The lowest BCUT2D eigenvalue weighted by Crippen LogP contribution is -2.38. The van der Waals surface area contributed by atoms with Gasteiger partial charge in [0, 0.05) is 27.2 Å². The minimum Gasteiger partial charge on any atom is -0.383 e. The average Bonchev–Trinajstić information content (AvgIpc) is 2.30. The lowest BCUT2D eigenvalue weighted by atomic mass is 10.2. The molecule has 0 bridgehead atoms. The average molecular weight is 238 g/mol. The monoisotopic (exact) mass is 238 g/mol. The Bertz CT molecular complexity index is 316. The van der Waals surface area contributed by atoms with Gasteiger partial charge in [0.1, 0.15) is 0 Å². The van der Waals surface area contributed by atoms with E-state index in [-0.39, 0.29) is 0 Å². The van der Waals surface area contributed by atoms with Crippen molar-refractivity contribution in [1.82, 2.24) is 10.2 Å². The van der Waals surface area contributed by atoms with Crippen LogP contribution in [-0.4, -0.2) is 37.3 Å². The van der Waals surface area contributed by atoms with Gasteiger partial charge in [0.15, 0.2) is 5.11 Å². The van der Waals surface area contributed by atoms with E-state index in [4.69, 9.17) is 17.0 Å². The topological polar surface area (TPSA) is 24.5 Å². The van der Waals surface area contributed by atoms with Crippen LogP contribution in [0.1, 0.15) is 5.56 Å². The number of thiocarbonyl (C=S) groups is 1. The zero-order valence-corrected chi connectivity index (χ0v) is 10.6. The SMILES string of the molecule is COCCNC(=S)N(C)Cc1ccccc1. The molecule has 4 heteroatoms. The van der Waals surface area contributed by atoms with Gasteiger partial charge in [-0.25, -0.2) is 0 Å². The molecule has 0 aliphatic heterocycles. The van der Waals surface area contributed by atoms with E-state index in [2.05, 4.69) is 17.4 Å². The highest BCUT2D eigenvalue weighted by atomic mass is 32.1. The molecule has 88 valence electrons. The molecule has 1 rings (SSSR count). The van der Waals surface area contributed by atoms with Gasteiger partial charge in [-0.15, -0.1) is 0 Å². The first-order valence-electron chi connectivity index (χ1n) is 5.26. The van der Waals surface area contributed by atoms with Gasteiger partial charge in [0.2, 0.25) is 0 Å². The second-order valence-electron chi connectivity index (χ2n) is 3.57. The number of nitrogens with one attached hydrogen (secondary N) is 1. The Morgan fingerprint density at radius 2 is 2.06 bits per heavy atom. The van der Waals surface area contributed by atoms with Crippen molar-refractivity contribution in [3.05, 3.63) is 35.9 Å². The molecule has 1 aromatic rings. The molecule has 1 aromatic carbocycles. The summed E-state index contributed by atoms with van der Waals surface area (Å²) in [7, 11) is 3.66. The standard InChI is InChI=1S/C12H18N2OS/c1-14(12(16)13-8-9-15-2)10-11-6-4-3-5-7-11/h3-7H,8-10H2,1-2H3,(H,13,16). The molecule has 0 atom stereocenters. The van der Waals surface area contributed by atoms with Crippen LogP contribution in [0, 0.1) is 0 Å². The minimum absolute atomic E-state index is 0.666. The van der Waals surface area contributed by atoms with E-state index >= 15 is 0 Å².